The fraction of sp³-hybridized carbons (Fsp3) is 0.105. The van der Waals surface area contributed by atoms with E-state index in [1.165, 1.54) is 25.2 Å². The maximum Gasteiger partial charge on any atom is 0.255 e. The minimum atomic E-state index is -3.82. The number of sulfonamides is 1. The molecular weight excluding hydrogens is 448 g/mol. The first kappa shape index (κ1) is 21.9. The fourth-order valence-corrected chi connectivity index (χ4v) is 5.28. The molecule has 0 spiro atoms. The number of thiophene rings is 1. The number of anilines is 2. The van der Waals surface area contributed by atoms with E-state index in [2.05, 4.69) is 15.6 Å². The predicted octanol–water partition coefficient (Wildman–Crippen LogP) is 3.31. The molecule has 2 N–H and O–H groups in total. The van der Waals surface area contributed by atoms with Crippen molar-refractivity contribution in [3.05, 3.63) is 70.8 Å². The number of pyridine rings is 1. The molecule has 8 nitrogen and oxygen atoms in total. The third kappa shape index (κ3) is 5.42. The molecule has 0 radical (unpaired) electrons. The summed E-state index contributed by atoms with van der Waals surface area (Å²) >= 11 is 6.71. The Morgan fingerprint density at radius 1 is 1.07 bits per heavy atom. The maximum atomic E-state index is 12.5. The zero-order valence-electron chi connectivity index (χ0n) is 15.7. The van der Waals surface area contributed by atoms with Crippen molar-refractivity contribution in [1.29, 1.82) is 0 Å². The topological polar surface area (TPSA) is 108 Å². The van der Waals surface area contributed by atoms with E-state index in [-0.39, 0.29) is 10.1 Å². The molecule has 2 aromatic heterocycles. The van der Waals surface area contributed by atoms with Gasteiger partial charge in [-0.3, -0.25) is 14.6 Å². The fourth-order valence-electron chi connectivity index (χ4n) is 2.45. The summed E-state index contributed by atoms with van der Waals surface area (Å²) in [5.41, 5.74) is 1.29. The van der Waals surface area contributed by atoms with E-state index >= 15 is 0 Å². The number of carbonyl (C=O) groups is 2. The molecule has 3 rings (SSSR count). The molecule has 0 saturated heterocycles. The third-order valence-electron chi connectivity index (χ3n) is 3.93. The molecule has 2 amide bonds. The SMILES string of the molecule is CN(CC(=O)Nc1cccc(C(=O)Nc2ccncc2)c1)S(=O)(=O)c1ccc(Cl)s1. The Balaban J connectivity index is 1.64. The van der Waals surface area contributed by atoms with Gasteiger partial charge >= 0.3 is 0 Å². The standard InChI is InChI=1S/C19H17ClN4O4S2/c1-24(30(27,28)18-6-5-16(20)29-18)12-17(25)22-15-4-2-3-13(11-15)19(26)23-14-7-9-21-10-8-14/h2-11H,12H2,1H3,(H,22,25)(H,21,23,26). The van der Waals surface area contributed by atoms with Crippen LogP contribution in [0.4, 0.5) is 11.4 Å². The van der Waals surface area contributed by atoms with Crippen LogP contribution in [-0.2, 0) is 14.8 Å². The largest absolute Gasteiger partial charge is 0.325 e. The van der Waals surface area contributed by atoms with Crippen molar-refractivity contribution in [1.82, 2.24) is 9.29 Å². The van der Waals surface area contributed by atoms with Gasteiger partial charge in [0, 0.05) is 36.4 Å². The summed E-state index contributed by atoms with van der Waals surface area (Å²) in [5, 5.41) is 5.33. The molecule has 0 aliphatic rings. The second kappa shape index (κ2) is 9.35. The number of carbonyl (C=O) groups excluding carboxylic acids is 2. The zero-order valence-corrected chi connectivity index (χ0v) is 18.1. The molecular formula is C19H17ClN4O4S2. The summed E-state index contributed by atoms with van der Waals surface area (Å²) < 4.78 is 26.3. The quantitative estimate of drug-likeness (QED) is 0.557. The molecule has 1 aromatic carbocycles. The third-order valence-corrected chi connectivity index (χ3v) is 7.43. The van der Waals surface area contributed by atoms with Gasteiger partial charge in [-0.05, 0) is 42.5 Å². The number of halogens is 1. The molecule has 2 heterocycles. The van der Waals surface area contributed by atoms with Gasteiger partial charge in [-0.15, -0.1) is 11.3 Å². The number of likely N-dealkylation sites (N-methyl/N-ethyl adjacent to an activating group) is 1. The first-order chi connectivity index (χ1) is 14.3. The molecule has 0 unspecified atom stereocenters. The summed E-state index contributed by atoms with van der Waals surface area (Å²) in [6, 6.07) is 12.5. The Kier molecular flexibility index (Phi) is 6.83. The number of hydrogen-bond acceptors (Lipinski definition) is 6. The van der Waals surface area contributed by atoms with Crippen LogP contribution >= 0.6 is 22.9 Å². The molecule has 11 heteroatoms. The Morgan fingerprint density at radius 3 is 2.47 bits per heavy atom. The van der Waals surface area contributed by atoms with E-state index < -0.39 is 22.5 Å². The van der Waals surface area contributed by atoms with E-state index in [1.807, 2.05) is 0 Å². The summed E-state index contributed by atoms with van der Waals surface area (Å²) in [6.07, 6.45) is 3.11. The Morgan fingerprint density at radius 2 is 1.80 bits per heavy atom. The van der Waals surface area contributed by atoms with Crippen LogP contribution in [-0.4, -0.2) is 43.1 Å². The van der Waals surface area contributed by atoms with Crippen molar-refractivity contribution >= 4 is 56.2 Å². The van der Waals surface area contributed by atoms with E-state index in [0.717, 1.165) is 15.6 Å². The Labute approximate surface area is 182 Å². The van der Waals surface area contributed by atoms with Crippen LogP contribution in [0.2, 0.25) is 4.34 Å². The number of amides is 2. The molecule has 0 aliphatic heterocycles. The number of benzene rings is 1. The molecule has 3 aromatic rings. The lowest BCUT2D eigenvalue weighted by molar-refractivity contribution is -0.116. The van der Waals surface area contributed by atoms with Crippen LogP contribution in [0.3, 0.4) is 0 Å². The summed E-state index contributed by atoms with van der Waals surface area (Å²) in [7, 11) is -2.52. The number of nitrogens with zero attached hydrogens (tertiary/aromatic N) is 2. The van der Waals surface area contributed by atoms with Crippen LogP contribution in [0.1, 0.15) is 10.4 Å². The monoisotopic (exact) mass is 464 g/mol. The van der Waals surface area contributed by atoms with Gasteiger partial charge in [0.2, 0.25) is 5.91 Å². The van der Waals surface area contributed by atoms with E-state index in [1.54, 1.807) is 42.7 Å². The van der Waals surface area contributed by atoms with E-state index in [9.17, 15) is 18.0 Å². The highest BCUT2D eigenvalue weighted by atomic mass is 35.5. The van der Waals surface area contributed by atoms with E-state index in [4.69, 9.17) is 11.6 Å². The van der Waals surface area contributed by atoms with Crippen LogP contribution < -0.4 is 10.6 Å². The summed E-state index contributed by atoms with van der Waals surface area (Å²) in [5.74, 6) is -0.901. The molecule has 0 atom stereocenters. The van der Waals surface area contributed by atoms with Crippen molar-refractivity contribution in [3.63, 3.8) is 0 Å². The summed E-state index contributed by atoms with van der Waals surface area (Å²) in [6.45, 7) is -0.398. The zero-order chi connectivity index (χ0) is 21.7. The Bertz CT molecular complexity index is 1170. The molecule has 0 fully saturated rings. The average Bonchev–Trinajstić information content (AvgIpc) is 3.16. The van der Waals surface area contributed by atoms with Crippen molar-refractivity contribution in [2.24, 2.45) is 0 Å². The van der Waals surface area contributed by atoms with Crippen LogP contribution in [0.5, 0.6) is 0 Å². The minimum absolute atomic E-state index is 0.0533. The number of aromatic nitrogens is 1. The van der Waals surface area contributed by atoms with Gasteiger partial charge in [0.25, 0.3) is 15.9 Å². The molecule has 0 saturated carbocycles. The Hall–Kier alpha value is -2.79. The predicted molar refractivity (Wildman–Crippen MR) is 116 cm³/mol. The number of nitrogens with one attached hydrogen (secondary N) is 2. The second-order valence-corrected chi connectivity index (χ2v) is 10.1. The molecule has 0 bridgehead atoms. The van der Waals surface area contributed by atoms with Crippen molar-refractivity contribution in [2.75, 3.05) is 24.2 Å². The lowest BCUT2D eigenvalue weighted by Gasteiger charge is -2.16. The molecule has 0 aliphatic carbocycles. The second-order valence-electron chi connectivity index (χ2n) is 6.14. The van der Waals surface area contributed by atoms with E-state index in [0.29, 0.717) is 21.3 Å². The number of hydrogen-bond donors (Lipinski definition) is 2. The average molecular weight is 465 g/mol. The van der Waals surface area contributed by atoms with Gasteiger partial charge in [0.15, 0.2) is 0 Å². The minimum Gasteiger partial charge on any atom is -0.325 e. The van der Waals surface area contributed by atoms with Gasteiger partial charge in [-0.1, -0.05) is 17.7 Å². The smallest absolute Gasteiger partial charge is 0.255 e. The van der Waals surface area contributed by atoms with Crippen LogP contribution in [0.25, 0.3) is 0 Å². The lowest BCUT2D eigenvalue weighted by Crippen LogP contribution is -2.34. The van der Waals surface area contributed by atoms with Gasteiger partial charge in [-0.2, -0.15) is 4.31 Å². The first-order valence-corrected chi connectivity index (χ1v) is 11.2. The van der Waals surface area contributed by atoms with Crippen molar-refractivity contribution < 1.29 is 18.0 Å². The highest BCUT2D eigenvalue weighted by molar-refractivity contribution is 7.91. The number of rotatable bonds is 7. The molecule has 156 valence electrons. The van der Waals surface area contributed by atoms with Crippen LogP contribution in [0, 0.1) is 0 Å². The lowest BCUT2D eigenvalue weighted by atomic mass is 10.2. The normalized spacial score (nSPS) is 11.3. The van der Waals surface area contributed by atoms with Crippen LogP contribution in [0.15, 0.2) is 65.1 Å². The molecule has 30 heavy (non-hydrogen) atoms. The highest BCUT2D eigenvalue weighted by Gasteiger charge is 2.24. The first-order valence-electron chi connectivity index (χ1n) is 8.58. The van der Waals surface area contributed by atoms with Gasteiger partial charge in [0.1, 0.15) is 4.21 Å². The van der Waals surface area contributed by atoms with Crippen molar-refractivity contribution in [3.8, 4) is 0 Å². The van der Waals surface area contributed by atoms with Gasteiger partial charge in [0.05, 0.1) is 10.9 Å². The highest BCUT2D eigenvalue weighted by Crippen LogP contribution is 2.27. The maximum absolute atomic E-state index is 12.5. The summed E-state index contributed by atoms with van der Waals surface area (Å²) in [4.78, 5) is 28.6. The van der Waals surface area contributed by atoms with Gasteiger partial charge < -0.3 is 10.6 Å². The van der Waals surface area contributed by atoms with Crippen molar-refractivity contribution in [2.45, 2.75) is 4.21 Å². The van der Waals surface area contributed by atoms with Gasteiger partial charge in [-0.25, -0.2) is 8.42 Å².